The second kappa shape index (κ2) is 6.51. The van der Waals surface area contributed by atoms with Crippen LogP contribution in [-0.4, -0.2) is 41.9 Å². The van der Waals surface area contributed by atoms with E-state index in [0.717, 1.165) is 26.1 Å². The molecule has 18 heavy (non-hydrogen) atoms. The molecule has 0 bridgehead atoms. The number of aromatic nitrogens is 2. The number of carbonyl (C=O) groups excluding carboxylic acids is 1. The van der Waals surface area contributed by atoms with Gasteiger partial charge < -0.3 is 19.8 Å². The van der Waals surface area contributed by atoms with Crippen molar-refractivity contribution in [3.8, 4) is 0 Å². The van der Waals surface area contributed by atoms with Gasteiger partial charge in [-0.1, -0.05) is 0 Å². The van der Waals surface area contributed by atoms with E-state index in [1.54, 1.807) is 17.1 Å². The number of imidazole rings is 1. The summed E-state index contributed by atoms with van der Waals surface area (Å²) >= 11 is 0. The Balaban J connectivity index is 1.79. The summed E-state index contributed by atoms with van der Waals surface area (Å²) in [4.78, 5) is 15.8. The highest BCUT2D eigenvalue weighted by molar-refractivity contribution is 5.86. The van der Waals surface area contributed by atoms with Crippen LogP contribution in [-0.2, 0) is 16.0 Å². The summed E-state index contributed by atoms with van der Waals surface area (Å²) in [6.45, 7) is 3.14. The maximum absolute atomic E-state index is 11.7. The first kappa shape index (κ1) is 13.0. The quantitative estimate of drug-likeness (QED) is 0.770. The third kappa shape index (κ3) is 3.54. The molecule has 1 fully saturated rings. The van der Waals surface area contributed by atoms with Crippen molar-refractivity contribution in [2.75, 3.05) is 26.4 Å². The van der Waals surface area contributed by atoms with E-state index in [0.29, 0.717) is 31.3 Å². The van der Waals surface area contributed by atoms with E-state index in [9.17, 15) is 4.79 Å². The van der Waals surface area contributed by atoms with E-state index < -0.39 is 0 Å². The van der Waals surface area contributed by atoms with E-state index in [1.807, 2.05) is 0 Å². The molecule has 1 aliphatic rings. The Kier molecular flexibility index (Phi) is 4.72. The van der Waals surface area contributed by atoms with Gasteiger partial charge in [0.25, 0.3) is 0 Å². The zero-order valence-electron chi connectivity index (χ0n) is 10.4. The lowest BCUT2D eigenvalue weighted by Crippen LogP contribution is -2.22. The summed E-state index contributed by atoms with van der Waals surface area (Å²) in [6.07, 6.45) is 5.17. The summed E-state index contributed by atoms with van der Waals surface area (Å²) in [6, 6.07) is 0. The zero-order valence-corrected chi connectivity index (χ0v) is 10.4. The van der Waals surface area contributed by atoms with Crippen LogP contribution >= 0.6 is 0 Å². The monoisotopic (exact) mass is 253 g/mol. The van der Waals surface area contributed by atoms with E-state index in [-0.39, 0.29) is 5.97 Å². The fourth-order valence-electron chi connectivity index (χ4n) is 1.92. The number of carbonyl (C=O) groups is 1. The van der Waals surface area contributed by atoms with E-state index in [4.69, 9.17) is 15.2 Å². The number of hydrogen-bond acceptors (Lipinski definition) is 5. The Morgan fingerprint density at radius 1 is 1.56 bits per heavy atom. The van der Waals surface area contributed by atoms with Gasteiger partial charge in [0.15, 0.2) is 5.69 Å². The van der Waals surface area contributed by atoms with Crippen LogP contribution in [0.15, 0.2) is 12.5 Å². The predicted molar refractivity (Wildman–Crippen MR) is 65.1 cm³/mol. The van der Waals surface area contributed by atoms with Gasteiger partial charge in [-0.2, -0.15) is 0 Å². The van der Waals surface area contributed by atoms with Gasteiger partial charge in [0, 0.05) is 32.5 Å². The normalized spacial score (nSPS) is 16.7. The van der Waals surface area contributed by atoms with Gasteiger partial charge in [-0.05, 0) is 18.8 Å². The molecule has 0 aliphatic carbocycles. The minimum Gasteiger partial charge on any atom is -0.461 e. The van der Waals surface area contributed by atoms with Crippen LogP contribution in [0.25, 0.3) is 0 Å². The van der Waals surface area contributed by atoms with Crippen molar-refractivity contribution in [2.45, 2.75) is 19.4 Å². The molecule has 1 aliphatic heterocycles. The molecule has 2 rings (SSSR count). The number of ether oxygens (including phenoxy) is 2. The van der Waals surface area contributed by atoms with Crippen molar-refractivity contribution in [1.82, 2.24) is 9.55 Å². The lowest BCUT2D eigenvalue weighted by molar-refractivity contribution is 0.0182. The molecule has 2 N–H and O–H groups in total. The van der Waals surface area contributed by atoms with Gasteiger partial charge in [-0.25, -0.2) is 9.78 Å². The average Bonchev–Trinajstić information content (AvgIpc) is 2.86. The maximum Gasteiger partial charge on any atom is 0.358 e. The molecule has 0 aromatic carbocycles. The highest BCUT2D eigenvalue weighted by Crippen LogP contribution is 2.15. The molecule has 6 heteroatoms. The third-order valence-electron chi connectivity index (χ3n) is 3.02. The Morgan fingerprint density at radius 2 is 2.33 bits per heavy atom. The molecule has 6 nitrogen and oxygen atoms in total. The van der Waals surface area contributed by atoms with E-state index in [1.165, 1.54) is 0 Å². The van der Waals surface area contributed by atoms with Gasteiger partial charge in [0.2, 0.25) is 0 Å². The van der Waals surface area contributed by atoms with Crippen LogP contribution in [0.4, 0.5) is 0 Å². The molecule has 0 unspecified atom stereocenters. The molecule has 1 aromatic heterocycles. The summed E-state index contributed by atoms with van der Waals surface area (Å²) in [7, 11) is 0. The number of nitrogens with zero attached hydrogens (tertiary/aromatic N) is 2. The molecular weight excluding hydrogens is 234 g/mol. The minimum absolute atomic E-state index is 0.343. The van der Waals surface area contributed by atoms with E-state index >= 15 is 0 Å². The van der Waals surface area contributed by atoms with Crippen molar-refractivity contribution in [1.29, 1.82) is 0 Å². The van der Waals surface area contributed by atoms with Crippen molar-refractivity contribution in [3.63, 3.8) is 0 Å². The van der Waals surface area contributed by atoms with E-state index in [2.05, 4.69) is 4.98 Å². The molecule has 2 heterocycles. The first-order chi connectivity index (χ1) is 8.79. The van der Waals surface area contributed by atoms with Crippen LogP contribution in [0.2, 0.25) is 0 Å². The van der Waals surface area contributed by atoms with Crippen LogP contribution in [0, 0.1) is 5.92 Å². The highest BCUT2D eigenvalue weighted by Gasteiger charge is 2.17. The Morgan fingerprint density at radius 3 is 3.06 bits per heavy atom. The standard InChI is InChI=1S/C12H19N3O3/c13-3-4-15-7-11(14-9-15)12(16)18-8-10-1-5-17-6-2-10/h7,9-10H,1-6,8,13H2. The van der Waals surface area contributed by atoms with Crippen molar-refractivity contribution in [2.24, 2.45) is 11.7 Å². The van der Waals surface area contributed by atoms with Crippen LogP contribution in [0.1, 0.15) is 23.3 Å². The lowest BCUT2D eigenvalue weighted by Gasteiger charge is -2.21. The van der Waals surface area contributed by atoms with Crippen molar-refractivity contribution >= 4 is 5.97 Å². The Bertz CT molecular complexity index is 386. The fourth-order valence-corrected chi connectivity index (χ4v) is 1.92. The predicted octanol–water partition coefficient (Wildman–Crippen LogP) is 0.425. The molecule has 0 amide bonds. The van der Waals surface area contributed by atoms with Gasteiger partial charge in [0.05, 0.1) is 12.9 Å². The smallest absolute Gasteiger partial charge is 0.358 e. The molecule has 0 spiro atoms. The van der Waals surface area contributed by atoms with Gasteiger partial charge in [-0.15, -0.1) is 0 Å². The first-order valence-electron chi connectivity index (χ1n) is 6.26. The summed E-state index contributed by atoms with van der Waals surface area (Å²) < 4.78 is 12.3. The Hall–Kier alpha value is -1.40. The van der Waals surface area contributed by atoms with Gasteiger partial charge in [0.1, 0.15) is 0 Å². The van der Waals surface area contributed by atoms with Crippen LogP contribution < -0.4 is 5.73 Å². The summed E-state index contributed by atoms with van der Waals surface area (Å²) in [5.74, 6) is 0.0473. The van der Waals surface area contributed by atoms with Gasteiger partial charge in [-0.3, -0.25) is 0 Å². The zero-order chi connectivity index (χ0) is 12.8. The maximum atomic E-state index is 11.7. The average molecular weight is 253 g/mol. The van der Waals surface area contributed by atoms with Crippen molar-refractivity contribution < 1.29 is 14.3 Å². The number of esters is 1. The van der Waals surface area contributed by atoms with Gasteiger partial charge >= 0.3 is 5.97 Å². The Labute approximate surface area is 106 Å². The summed E-state index contributed by atoms with van der Waals surface area (Å²) in [5, 5.41) is 0. The fraction of sp³-hybridized carbons (Fsp3) is 0.667. The second-order valence-electron chi connectivity index (χ2n) is 4.44. The molecule has 100 valence electrons. The lowest BCUT2D eigenvalue weighted by atomic mass is 10.0. The molecule has 0 radical (unpaired) electrons. The molecular formula is C12H19N3O3. The number of nitrogens with two attached hydrogens (primary N) is 1. The second-order valence-corrected chi connectivity index (χ2v) is 4.44. The first-order valence-corrected chi connectivity index (χ1v) is 6.26. The molecule has 0 saturated carbocycles. The largest absolute Gasteiger partial charge is 0.461 e. The molecule has 1 saturated heterocycles. The number of rotatable bonds is 5. The number of hydrogen-bond donors (Lipinski definition) is 1. The topological polar surface area (TPSA) is 79.4 Å². The van der Waals surface area contributed by atoms with Crippen LogP contribution in [0.3, 0.4) is 0 Å². The SMILES string of the molecule is NCCn1cnc(C(=O)OCC2CCOCC2)c1. The van der Waals surface area contributed by atoms with Crippen molar-refractivity contribution in [3.05, 3.63) is 18.2 Å². The highest BCUT2D eigenvalue weighted by atomic mass is 16.5. The molecule has 0 atom stereocenters. The minimum atomic E-state index is -0.364. The van der Waals surface area contributed by atoms with Crippen LogP contribution in [0.5, 0.6) is 0 Å². The molecule has 1 aromatic rings. The third-order valence-corrected chi connectivity index (χ3v) is 3.02. The summed E-state index contributed by atoms with van der Waals surface area (Å²) in [5.41, 5.74) is 5.77.